The van der Waals surface area contributed by atoms with Gasteiger partial charge < -0.3 is 25.4 Å². The van der Waals surface area contributed by atoms with E-state index in [4.69, 9.17) is 4.74 Å². The van der Waals surface area contributed by atoms with Crippen LogP contribution in [0.5, 0.6) is 5.75 Å². The van der Waals surface area contributed by atoms with Gasteiger partial charge in [0.15, 0.2) is 5.75 Å². The van der Waals surface area contributed by atoms with E-state index in [1.165, 1.54) is 11.1 Å². The largest absolute Gasteiger partial charge is 0.505 e. The molecule has 3 N–H and O–H groups in total. The summed E-state index contributed by atoms with van der Waals surface area (Å²) in [6.45, 7) is 6.12. The van der Waals surface area contributed by atoms with E-state index in [-0.39, 0.29) is 45.7 Å². The van der Waals surface area contributed by atoms with Crippen molar-refractivity contribution in [3.8, 4) is 5.75 Å². The molecule has 2 aromatic rings. The molecule has 5 rings (SSSR count). The number of phenolic OH excluding ortho intramolecular Hbond substituents is 1. The van der Waals surface area contributed by atoms with Crippen LogP contribution in [0.2, 0.25) is 0 Å². The fourth-order valence-corrected chi connectivity index (χ4v) is 5.10. The molecule has 3 aliphatic rings. The number of rotatable bonds is 5. The van der Waals surface area contributed by atoms with Gasteiger partial charge in [-0.25, -0.2) is 0 Å². The zero-order chi connectivity index (χ0) is 24.0. The van der Waals surface area contributed by atoms with Crippen molar-refractivity contribution in [3.63, 3.8) is 0 Å². The lowest BCUT2D eigenvalue weighted by molar-refractivity contribution is 0.0301. The summed E-state index contributed by atoms with van der Waals surface area (Å²) in [7, 11) is 0. The van der Waals surface area contributed by atoms with Crippen LogP contribution in [0, 0.1) is 5.41 Å². The van der Waals surface area contributed by atoms with Gasteiger partial charge in [-0.1, -0.05) is 37.6 Å². The van der Waals surface area contributed by atoms with E-state index in [1.807, 2.05) is 0 Å². The number of nitrogens with one attached hydrogen (secondary N) is 2. The Morgan fingerprint density at radius 3 is 2.65 bits per heavy atom. The highest BCUT2D eigenvalue weighted by atomic mass is 16.5. The number of morpholine rings is 1. The van der Waals surface area contributed by atoms with Crippen molar-refractivity contribution in [2.75, 3.05) is 36.9 Å². The lowest BCUT2D eigenvalue weighted by Crippen LogP contribution is -2.45. The molecule has 1 heterocycles. The molecule has 2 aromatic carbocycles. The van der Waals surface area contributed by atoms with Crippen molar-refractivity contribution in [1.82, 2.24) is 4.90 Å². The van der Waals surface area contributed by atoms with E-state index < -0.39 is 10.9 Å². The number of phenols is 1. The fourth-order valence-electron chi connectivity index (χ4n) is 5.10. The smallest absolute Gasteiger partial charge is 0.257 e. The number of benzene rings is 1. The molecule has 0 aromatic heterocycles. The Morgan fingerprint density at radius 1 is 1.15 bits per heavy atom. The third-order valence-corrected chi connectivity index (χ3v) is 7.26. The maximum Gasteiger partial charge on any atom is 0.257 e. The Labute approximate surface area is 197 Å². The number of para-hydroxylation sites is 1. The zero-order valence-corrected chi connectivity index (χ0v) is 19.4. The molecule has 1 aliphatic heterocycles. The predicted molar refractivity (Wildman–Crippen MR) is 131 cm³/mol. The van der Waals surface area contributed by atoms with Gasteiger partial charge in [0.05, 0.1) is 30.5 Å². The van der Waals surface area contributed by atoms with Crippen molar-refractivity contribution >= 4 is 23.0 Å². The van der Waals surface area contributed by atoms with Crippen LogP contribution in [0.15, 0.2) is 51.1 Å². The Hall–Kier alpha value is -3.39. The highest BCUT2D eigenvalue weighted by Crippen LogP contribution is 2.44. The zero-order valence-electron chi connectivity index (χ0n) is 19.4. The number of amides is 1. The molecule has 0 saturated carbocycles. The van der Waals surface area contributed by atoms with Gasteiger partial charge in [-0.05, 0) is 42.4 Å². The molecule has 8 nitrogen and oxygen atoms in total. The lowest BCUT2D eigenvalue weighted by Gasteiger charge is -2.41. The van der Waals surface area contributed by atoms with Crippen molar-refractivity contribution in [3.05, 3.63) is 67.5 Å². The van der Waals surface area contributed by atoms with E-state index in [1.54, 1.807) is 23.1 Å². The van der Waals surface area contributed by atoms with E-state index in [2.05, 4.69) is 36.6 Å². The first-order valence-corrected chi connectivity index (χ1v) is 11.7. The Kier molecular flexibility index (Phi) is 5.56. The van der Waals surface area contributed by atoms with Crippen LogP contribution in [-0.4, -0.2) is 48.3 Å². The van der Waals surface area contributed by atoms with Crippen molar-refractivity contribution in [1.29, 1.82) is 0 Å². The van der Waals surface area contributed by atoms with Crippen LogP contribution < -0.4 is 21.5 Å². The number of anilines is 3. The monoisotopic (exact) mass is 463 g/mol. The third kappa shape index (κ3) is 3.72. The van der Waals surface area contributed by atoms with Crippen LogP contribution in [-0.2, 0) is 4.74 Å². The van der Waals surface area contributed by atoms with Crippen molar-refractivity contribution in [2.45, 2.75) is 39.2 Å². The fraction of sp³-hybridized carbons (Fsp3) is 0.423. The molecule has 2 aliphatic carbocycles. The molecule has 1 saturated heterocycles. The Balaban J connectivity index is 1.42. The molecular formula is C26H29N3O5. The molecule has 1 amide bonds. The van der Waals surface area contributed by atoms with Crippen LogP contribution in [0.3, 0.4) is 0 Å². The van der Waals surface area contributed by atoms with E-state index in [0.29, 0.717) is 26.3 Å². The van der Waals surface area contributed by atoms with Crippen LogP contribution in [0.4, 0.5) is 17.1 Å². The minimum atomic E-state index is -0.642. The van der Waals surface area contributed by atoms with Gasteiger partial charge in [-0.15, -0.1) is 0 Å². The second-order valence-corrected chi connectivity index (χ2v) is 9.87. The molecule has 1 fully saturated rings. The molecule has 0 radical (unpaired) electrons. The highest BCUT2D eigenvalue weighted by molar-refractivity contribution is 5.99. The van der Waals surface area contributed by atoms with Crippen LogP contribution in [0.25, 0.3) is 0 Å². The standard InChI is InChI=1S/C26H29N3O5/c1-26(2)10-9-15-5-3-6-16(15)24(26)28-20-19(22(31)23(20)32)27-18-8-4-7-17(21(18)30)25(33)29-11-13-34-14-12-29/h3-4,6-8,24,27-28,30H,5,9-14H2,1-2H3. The maximum atomic E-state index is 12.9. The van der Waals surface area contributed by atoms with Gasteiger partial charge in [0.25, 0.3) is 16.8 Å². The van der Waals surface area contributed by atoms with Crippen LogP contribution in [0.1, 0.15) is 43.5 Å². The topological polar surface area (TPSA) is 108 Å². The van der Waals surface area contributed by atoms with Crippen LogP contribution >= 0.6 is 0 Å². The summed E-state index contributed by atoms with van der Waals surface area (Å²) < 4.78 is 5.29. The van der Waals surface area contributed by atoms with Crippen molar-refractivity contribution < 1.29 is 14.6 Å². The average molecular weight is 464 g/mol. The molecule has 1 unspecified atom stereocenters. The second kappa shape index (κ2) is 8.43. The maximum absolute atomic E-state index is 12.9. The van der Waals surface area contributed by atoms with E-state index in [9.17, 15) is 19.5 Å². The lowest BCUT2D eigenvalue weighted by atomic mass is 9.70. The summed E-state index contributed by atoms with van der Waals surface area (Å²) >= 11 is 0. The predicted octanol–water partition coefficient (Wildman–Crippen LogP) is 3.06. The summed E-state index contributed by atoms with van der Waals surface area (Å²) in [5.74, 6) is -0.552. The van der Waals surface area contributed by atoms with E-state index in [0.717, 1.165) is 19.3 Å². The normalized spacial score (nSPS) is 21.6. The molecular weight excluding hydrogens is 434 g/mol. The minimum absolute atomic E-state index is 0.0957. The number of carbonyl (C=O) groups excluding carboxylic acids is 1. The molecule has 0 spiro atoms. The molecule has 8 heteroatoms. The summed E-state index contributed by atoms with van der Waals surface area (Å²) in [6, 6.07) is 4.67. The first kappa shape index (κ1) is 22.4. The summed E-state index contributed by atoms with van der Waals surface area (Å²) in [5.41, 5.74) is 1.93. The summed E-state index contributed by atoms with van der Waals surface area (Å²) in [5, 5.41) is 17.1. The molecule has 1 atom stereocenters. The minimum Gasteiger partial charge on any atom is -0.505 e. The Bertz CT molecular complexity index is 1280. The number of nitrogens with zero attached hydrogens (tertiary/aromatic N) is 1. The summed E-state index contributed by atoms with van der Waals surface area (Å²) in [4.78, 5) is 39.5. The number of aromatic hydroxyl groups is 1. The van der Waals surface area contributed by atoms with Gasteiger partial charge in [0.1, 0.15) is 11.4 Å². The van der Waals surface area contributed by atoms with Gasteiger partial charge in [0, 0.05) is 13.1 Å². The first-order valence-electron chi connectivity index (χ1n) is 11.7. The quantitative estimate of drug-likeness (QED) is 0.462. The molecule has 0 bridgehead atoms. The SMILES string of the molecule is CC1(C)CCC2=C(C=CC2)C1Nc1c(Nc2cccc(C(=O)N3CCOCC3)c2O)c(=O)c1=O. The molecule has 34 heavy (non-hydrogen) atoms. The number of allylic oxidation sites excluding steroid dienone is 2. The molecule has 178 valence electrons. The highest BCUT2D eigenvalue weighted by Gasteiger charge is 2.39. The summed E-state index contributed by atoms with van der Waals surface area (Å²) in [6.07, 6.45) is 7.19. The van der Waals surface area contributed by atoms with Gasteiger partial charge in [-0.2, -0.15) is 0 Å². The number of hydrogen-bond acceptors (Lipinski definition) is 7. The van der Waals surface area contributed by atoms with Gasteiger partial charge in [-0.3, -0.25) is 14.4 Å². The van der Waals surface area contributed by atoms with Gasteiger partial charge >= 0.3 is 0 Å². The number of carbonyl (C=O) groups is 1. The number of hydrogen-bond donors (Lipinski definition) is 3. The Morgan fingerprint density at radius 2 is 1.88 bits per heavy atom. The first-order chi connectivity index (χ1) is 16.3. The average Bonchev–Trinajstić information content (AvgIpc) is 3.31. The van der Waals surface area contributed by atoms with Crippen molar-refractivity contribution in [2.24, 2.45) is 5.41 Å². The number of ether oxygens (including phenoxy) is 1. The second-order valence-electron chi connectivity index (χ2n) is 9.87. The third-order valence-electron chi connectivity index (χ3n) is 7.26. The van der Waals surface area contributed by atoms with Gasteiger partial charge in [0.2, 0.25) is 0 Å². The van der Waals surface area contributed by atoms with E-state index >= 15 is 0 Å².